The lowest BCUT2D eigenvalue weighted by Gasteiger charge is -2.49. The van der Waals surface area contributed by atoms with Gasteiger partial charge in [0.05, 0.1) is 27.0 Å². The lowest BCUT2D eigenvalue weighted by molar-refractivity contribution is -0.278. The number of aliphatic hydroxyl groups is 1. The van der Waals surface area contributed by atoms with Crippen LogP contribution in [0.5, 0.6) is 0 Å². The van der Waals surface area contributed by atoms with Crippen LogP contribution >= 0.6 is 0 Å². The van der Waals surface area contributed by atoms with Crippen molar-refractivity contribution in [2.24, 2.45) is 21.4 Å². The van der Waals surface area contributed by atoms with Crippen LogP contribution in [0.3, 0.4) is 0 Å². The van der Waals surface area contributed by atoms with E-state index in [1.54, 1.807) is 6.07 Å². The minimum atomic E-state index is -2.60. The summed E-state index contributed by atoms with van der Waals surface area (Å²) < 4.78 is 60.0. The number of azide groups is 1. The normalized spacial score (nSPS) is 27.1. The number of nitrogens with zero attached hydrogens (tertiary/aromatic N) is 3. The molecule has 0 amide bonds. The first-order chi connectivity index (χ1) is 19.9. The molecular formula is C27H39N3O9S. The van der Waals surface area contributed by atoms with Gasteiger partial charge in [-0.15, -0.1) is 0 Å². The number of ether oxygens (including phenoxy) is 4. The standard InChI is InChI=1S/C27H39N3O9S/c1-24(2,3)21(32)36-15-17-18(38-22(33)25(4,5)6)27(29-30-28,40(35)16-13-11-10-12-14-16)19(20(31)37-17)39-23(34)26(7,8)9/h10-14,17-20,31H,15H2,1-9H3/t17-,18-,19+,20?,27+,40?/m1/s1/i1D,4D,7D. The molecule has 1 fully saturated rings. The zero-order chi connectivity index (χ0) is 32.8. The Morgan fingerprint density at radius 2 is 1.50 bits per heavy atom. The molecule has 1 aliphatic rings. The van der Waals surface area contributed by atoms with E-state index in [-0.39, 0.29) is 11.8 Å². The van der Waals surface area contributed by atoms with Gasteiger partial charge in [-0.2, -0.15) is 0 Å². The Bertz CT molecular complexity index is 1240. The molecule has 0 aromatic heterocycles. The van der Waals surface area contributed by atoms with Crippen LogP contribution in [0.25, 0.3) is 10.4 Å². The number of benzene rings is 1. The molecular weight excluding hydrogens is 542 g/mol. The minimum absolute atomic E-state index is 0.0386. The molecule has 13 heteroatoms. The number of esters is 3. The van der Waals surface area contributed by atoms with Crippen LogP contribution < -0.4 is 0 Å². The van der Waals surface area contributed by atoms with Crippen molar-refractivity contribution in [1.82, 2.24) is 0 Å². The fourth-order valence-electron chi connectivity index (χ4n) is 3.45. The van der Waals surface area contributed by atoms with E-state index in [2.05, 4.69) is 10.0 Å². The van der Waals surface area contributed by atoms with Crippen LogP contribution in [0.4, 0.5) is 0 Å². The molecule has 6 atom stereocenters. The Balaban J connectivity index is 2.85. The molecule has 12 nitrogen and oxygen atoms in total. The SMILES string of the molecule is [2H]CC(C)(C)C(=O)OC[C@H]1OC(O)[C@H](OC(=O)C(C)(C)C[2H])[C@@](N=[N+]=[N-])(S(=O)c2ccccc2)[C@@H]1OC(=O)C(C)(C)C[2H]. The Morgan fingerprint density at radius 1 is 1.00 bits per heavy atom. The fourth-order valence-corrected chi connectivity index (χ4v) is 5.13. The highest BCUT2D eigenvalue weighted by atomic mass is 32.2. The highest BCUT2D eigenvalue weighted by Crippen LogP contribution is 2.43. The van der Waals surface area contributed by atoms with Crippen molar-refractivity contribution in [2.75, 3.05) is 6.61 Å². The largest absolute Gasteiger partial charge is 0.462 e. The summed E-state index contributed by atoms with van der Waals surface area (Å²) in [7, 11) is -2.53. The van der Waals surface area contributed by atoms with E-state index in [0.29, 0.717) is 0 Å². The molecule has 2 unspecified atom stereocenters. The fraction of sp³-hybridized carbons (Fsp3) is 0.667. The highest BCUT2D eigenvalue weighted by molar-refractivity contribution is 7.86. The van der Waals surface area contributed by atoms with E-state index in [0.717, 1.165) is 0 Å². The molecule has 0 bridgehead atoms. The number of hydrogen-bond donors (Lipinski definition) is 1. The van der Waals surface area contributed by atoms with Gasteiger partial charge in [-0.25, -0.2) is 0 Å². The Kier molecular flexibility index (Phi) is 8.74. The van der Waals surface area contributed by atoms with E-state index in [9.17, 15) is 29.2 Å². The average molecular weight is 585 g/mol. The second-order valence-corrected chi connectivity index (χ2v) is 13.2. The smallest absolute Gasteiger partial charge is 0.311 e. The molecule has 1 heterocycles. The summed E-state index contributed by atoms with van der Waals surface area (Å²) in [6, 6.07) is 7.51. The lowest BCUT2D eigenvalue weighted by Crippen LogP contribution is -2.70. The first kappa shape index (κ1) is 28.5. The molecule has 0 aliphatic carbocycles. The molecule has 1 aliphatic heterocycles. The van der Waals surface area contributed by atoms with E-state index < -0.39 is 94.8 Å². The van der Waals surface area contributed by atoms with Crippen molar-refractivity contribution in [3.05, 3.63) is 40.8 Å². The van der Waals surface area contributed by atoms with E-state index >= 15 is 0 Å². The summed E-state index contributed by atoms with van der Waals surface area (Å²) in [5, 5.41) is 15.0. The van der Waals surface area contributed by atoms with Crippen molar-refractivity contribution in [2.45, 2.75) is 96.6 Å². The third-order valence-electron chi connectivity index (χ3n) is 5.69. The first-order valence-corrected chi connectivity index (χ1v) is 13.4. The molecule has 222 valence electrons. The second kappa shape index (κ2) is 12.3. The summed E-state index contributed by atoms with van der Waals surface area (Å²) in [5.74, 6) is -2.87. The van der Waals surface area contributed by atoms with Gasteiger partial charge in [0.15, 0.2) is 18.5 Å². The summed E-state index contributed by atoms with van der Waals surface area (Å²) >= 11 is 0. The maximum atomic E-state index is 14.5. The predicted molar refractivity (Wildman–Crippen MR) is 145 cm³/mol. The maximum Gasteiger partial charge on any atom is 0.311 e. The highest BCUT2D eigenvalue weighted by Gasteiger charge is 2.65. The van der Waals surface area contributed by atoms with Gasteiger partial charge in [0, 0.05) is 13.9 Å². The third-order valence-corrected chi connectivity index (χ3v) is 7.53. The third kappa shape index (κ3) is 7.39. The van der Waals surface area contributed by atoms with Crippen LogP contribution in [0, 0.1) is 16.2 Å². The Morgan fingerprint density at radius 3 is 2.00 bits per heavy atom. The second-order valence-electron chi connectivity index (χ2n) is 11.5. The van der Waals surface area contributed by atoms with Gasteiger partial charge in [-0.05, 0) is 79.9 Å². The monoisotopic (exact) mass is 584 g/mol. The number of carbonyl (C=O) groups excluding carboxylic acids is 3. The van der Waals surface area contributed by atoms with Gasteiger partial charge < -0.3 is 24.1 Å². The van der Waals surface area contributed by atoms with Crippen molar-refractivity contribution in [1.29, 1.82) is 0 Å². The van der Waals surface area contributed by atoms with Gasteiger partial charge in [-0.3, -0.25) is 18.6 Å². The number of aliphatic hydroxyl groups excluding tert-OH is 1. The van der Waals surface area contributed by atoms with Crippen molar-refractivity contribution < 1.29 is 46.8 Å². The number of carbonyl (C=O) groups is 3. The van der Waals surface area contributed by atoms with Gasteiger partial charge in [-0.1, -0.05) is 23.3 Å². The first-order valence-electron chi connectivity index (χ1n) is 14.4. The van der Waals surface area contributed by atoms with Crippen molar-refractivity contribution in [3.63, 3.8) is 0 Å². The molecule has 0 saturated carbocycles. The Hall–Kier alpha value is -2.99. The molecule has 1 N–H and O–H groups in total. The van der Waals surface area contributed by atoms with E-state index in [1.807, 2.05) is 0 Å². The van der Waals surface area contributed by atoms with Crippen LogP contribution in [0.1, 0.15) is 66.4 Å². The lowest BCUT2D eigenvalue weighted by atomic mass is 9.92. The quantitative estimate of drug-likeness (QED) is 0.163. The topological polar surface area (TPSA) is 174 Å². The summed E-state index contributed by atoms with van der Waals surface area (Å²) in [6.45, 7) is 6.61. The van der Waals surface area contributed by atoms with Crippen LogP contribution in [0.15, 0.2) is 40.3 Å². The zero-order valence-electron chi connectivity index (χ0n) is 26.5. The average Bonchev–Trinajstić information content (AvgIpc) is 2.98. The van der Waals surface area contributed by atoms with E-state index in [4.69, 9.17) is 23.1 Å². The van der Waals surface area contributed by atoms with Gasteiger partial charge in [0.25, 0.3) is 0 Å². The van der Waals surface area contributed by atoms with Gasteiger partial charge >= 0.3 is 17.9 Å². The Labute approximate surface area is 241 Å². The van der Waals surface area contributed by atoms with Crippen LogP contribution in [0.2, 0.25) is 0 Å². The number of hydrogen-bond acceptors (Lipinski definition) is 10. The zero-order valence-corrected chi connectivity index (χ0v) is 24.3. The molecule has 40 heavy (non-hydrogen) atoms. The van der Waals surface area contributed by atoms with Gasteiger partial charge in [0.1, 0.15) is 12.7 Å². The summed E-state index contributed by atoms with van der Waals surface area (Å²) in [6.07, 6.45) is -7.72. The minimum Gasteiger partial charge on any atom is -0.462 e. The molecule has 1 aromatic rings. The van der Waals surface area contributed by atoms with E-state index in [1.165, 1.54) is 65.8 Å². The summed E-state index contributed by atoms with van der Waals surface area (Å²) in [5.41, 5.74) is 5.67. The van der Waals surface area contributed by atoms with Crippen molar-refractivity contribution >= 4 is 28.7 Å². The molecule has 0 spiro atoms. The van der Waals surface area contributed by atoms with Crippen LogP contribution in [-0.2, 0) is 44.1 Å². The molecule has 1 saturated heterocycles. The maximum absolute atomic E-state index is 14.5. The van der Waals surface area contributed by atoms with Crippen LogP contribution in [-0.4, -0.2) is 63.3 Å². The molecule has 0 radical (unpaired) electrons. The molecule has 1 aromatic carbocycles. The molecule has 2 rings (SSSR count). The predicted octanol–water partition coefficient (Wildman–Crippen LogP) is 4.02. The van der Waals surface area contributed by atoms with Gasteiger partial charge in [0.2, 0.25) is 4.87 Å². The van der Waals surface area contributed by atoms with Crippen molar-refractivity contribution in [3.8, 4) is 0 Å². The number of rotatable bonds is 7. The summed E-state index contributed by atoms with van der Waals surface area (Å²) in [4.78, 5) is 39.6.